The number of hydrogen-bond donors (Lipinski definition) is 3. The SMILES string of the molecule is CCC(O)(CC)CNC(=O)C(=O)Nc1ccc2ccn(C)c2c1. The molecule has 6 heteroatoms. The first-order chi connectivity index (χ1) is 10.9. The first-order valence-corrected chi connectivity index (χ1v) is 7.75. The topological polar surface area (TPSA) is 83.4 Å². The minimum atomic E-state index is -0.974. The summed E-state index contributed by atoms with van der Waals surface area (Å²) in [4.78, 5) is 23.8. The van der Waals surface area contributed by atoms with Crippen molar-refractivity contribution in [2.75, 3.05) is 11.9 Å². The molecule has 2 rings (SSSR count). The second kappa shape index (κ2) is 6.83. The predicted octanol–water partition coefficient (Wildman–Crippen LogP) is 1.78. The molecule has 1 heterocycles. The third kappa shape index (κ3) is 3.90. The first-order valence-electron chi connectivity index (χ1n) is 7.75. The molecule has 0 unspecified atom stereocenters. The molecule has 0 radical (unpaired) electrons. The van der Waals surface area contributed by atoms with Gasteiger partial charge in [0.1, 0.15) is 0 Å². The molecule has 0 bridgehead atoms. The van der Waals surface area contributed by atoms with Crippen LogP contribution in [0.25, 0.3) is 10.9 Å². The molecule has 0 atom stereocenters. The van der Waals surface area contributed by atoms with E-state index >= 15 is 0 Å². The Bertz CT molecular complexity index is 717. The van der Waals surface area contributed by atoms with Crippen molar-refractivity contribution in [3.05, 3.63) is 30.5 Å². The summed E-state index contributed by atoms with van der Waals surface area (Å²) in [5.41, 5.74) is 0.549. The van der Waals surface area contributed by atoms with E-state index in [9.17, 15) is 14.7 Å². The fraction of sp³-hybridized carbons (Fsp3) is 0.412. The monoisotopic (exact) mass is 317 g/mol. The van der Waals surface area contributed by atoms with Gasteiger partial charge in [-0.3, -0.25) is 9.59 Å². The number of hydrogen-bond acceptors (Lipinski definition) is 3. The summed E-state index contributed by atoms with van der Waals surface area (Å²) in [6.07, 6.45) is 2.95. The highest BCUT2D eigenvalue weighted by atomic mass is 16.3. The molecule has 2 aromatic rings. The minimum Gasteiger partial charge on any atom is -0.388 e. The Morgan fingerprint density at radius 3 is 2.52 bits per heavy atom. The summed E-state index contributed by atoms with van der Waals surface area (Å²) >= 11 is 0. The minimum absolute atomic E-state index is 0.0586. The van der Waals surface area contributed by atoms with E-state index in [0.29, 0.717) is 18.5 Å². The molecular formula is C17H23N3O3. The lowest BCUT2D eigenvalue weighted by Crippen LogP contribution is -2.45. The second-order valence-electron chi connectivity index (χ2n) is 5.77. The molecule has 0 aliphatic carbocycles. The van der Waals surface area contributed by atoms with Crippen molar-refractivity contribution in [1.29, 1.82) is 0 Å². The van der Waals surface area contributed by atoms with Crippen LogP contribution in [0, 0.1) is 0 Å². The molecule has 6 nitrogen and oxygen atoms in total. The average Bonchev–Trinajstić information content (AvgIpc) is 2.93. The van der Waals surface area contributed by atoms with Gasteiger partial charge in [0.2, 0.25) is 0 Å². The number of nitrogens with zero attached hydrogens (tertiary/aromatic N) is 1. The summed E-state index contributed by atoms with van der Waals surface area (Å²) in [5.74, 6) is -1.49. The van der Waals surface area contributed by atoms with Gasteiger partial charge in [0, 0.05) is 31.0 Å². The molecule has 0 aliphatic heterocycles. The number of amides is 2. The maximum absolute atomic E-state index is 12.0. The fourth-order valence-electron chi connectivity index (χ4n) is 2.35. The van der Waals surface area contributed by atoms with Crippen LogP contribution in [0.3, 0.4) is 0 Å². The van der Waals surface area contributed by atoms with Crippen molar-refractivity contribution in [2.45, 2.75) is 32.3 Å². The van der Waals surface area contributed by atoms with Crippen LogP contribution in [0.15, 0.2) is 30.5 Å². The Morgan fingerprint density at radius 2 is 1.87 bits per heavy atom. The number of benzene rings is 1. The van der Waals surface area contributed by atoms with Crippen LogP contribution in [-0.2, 0) is 16.6 Å². The molecule has 0 saturated carbocycles. The molecular weight excluding hydrogens is 294 g/mol. The number of aliphatic hydroxyl groups is 1. The number of fused-ring (bicyclic) bond motifs is 1. The lowest BCUT2D eigenvalue weighted by atomic mass is 9.98. The van der Waals surface area contributed by atoms with Gasteiger partial charge in [-0.2, -0.15) is 0 Å². The molecule has 0 aliphatic rings. The van der Waals surface area contributed by atoms with Crippen LogP contribution in [0.5, 0.6) is 0 Å². The lowest BCUT2D eigenvalue weighted by molar-refractivity contribution is -0.136. The quantitative estimate of drug-likeness (QED) is 0.735. The molecule has 3 N–H and O–H groups in total. The molecule has 1 aromatic heterocycles. The fourth-order valence-corrected chi connectivity index (χ4v) is 2.35. The Labute approximate surface area is 135 Å². The lowest BCUT2D eigenvalue weighted by Gasteiger charge is -2.25. The normalized spacial score (nSPS) is 11.5. The van der Waals surface area contributed by atoms with E-state index < -0.39 is 17.4 Å². The van der Waals surface area contributed by atoms with Crippen LogP contribution in [0.1, 0.15) is 26.7 Å². The summed E-state index contributed by atoms with van der Waals surface area (Å²) in [5, 5.41) is 16.2. The van der Waals surface area contributed by atoms with Gasteiger partial charge in [-0.1, -0.05) is 19.9 Å². The average molecular weight is 317 g/mol. The standard InChI is InChI=1S/C17H23N3O3/c1-4-17(23,5-2)11-18-15(21)16(22)19-13-7-6-12-8-9-20(3)14(12)10-13/h6-10,23H,4-5,11H2,1-3H3,(H,18,21)(H,19,22). The van der Waals surface area contributed by atoms with Crippen molar-refractivity contribution in [2.24, 2.45) is 7.05 Å². The number of aryl methyl sites for hydroxylation is 1. The van der Waals surface area contributed by atoms with Gasteiger partial charge in [0.15, 0.2) is 0 Å². The number of carbonyl (C=O) groups is 2. The number of rotatable bonds is 5. The van der Waals surface area contributed by atoms with Gasteiger partial charge < -0.3 is 20.3 Å². The van der Waals surface area contributed by atoms with E-state index in [4.69, 9.17) is 0 Å². The molecule has 1 aromatic carbocycles. The van der Waals surface area contributed by atoms with Gasteiger partial charge >= 0.3 is 11.8 Å². The summed E-state index contributed by atoms with van der Waals surface area (Å²) in [6.45, 7) is 3.73. The number of carbonyl (C=O) groups excluding carboxylic acids is 2. The van der Waals surface area contributed by atoms with E-state index in [1.807, 2.05) is 49.9 Å². The summed E-state index contributed by atoms with van der Waals surface area (Å²) < 4.78 is 1.94. The molecule has 2 amide bonds. The van der Waals surface area contributed by atoms with Gasteiger partial charge in [-0.05, 0) is 36.4 Å². The van der Waals surface area contributed by atoms with Gasteiger partial charge in [0.25, 0.3) is 0 Å². The van der Waals surface area contributed by atoms with Crippen LogP contribution in [0.4, 0.5) is 5.69 Å². The van der Waals surface area contributed by atoms with Crippen LogP contribution in [0.2, 0.25) is 0 Å². The van der Waals surface area contributed by atoms with E-state index in [-0.39, 0.29) is 6.54 Å². The smallest absolute Gasteiger partial charge is 0.313 e. The van der Waals surface area contributed by atoms with Crippen molar-refractivity contribution in [1.82, 2.24) is 9.88 Å². The van der Waals surface area contributed by atoms with Crippen molar-refractivity contribution in [3.63, 3.8) is 0 Å². The van der Waals surface area contributed by atoms with Crippen molar-refractivity contribution >= 4 is 28.4 Å². The van der Waals surface area contributed by atoms with Gasteiger partial charge in [0.05, 0.1) is 5.60 Å². The Balaban J connectivity index is 1.99. The van der Waals surface area contributed by atoms with E-state index in [1.165, 1.54) is 0 Å². The highest BCUT2D eigenvalue weighted by molar-refractivity contribution is 6.39. The zero-order chi connectivity index (χ0) is 17.0. The largest absolute Gasteiger partial charge is 0.388 e. The van der Waals surface area contributed by atoms with Gasteiger partial charge in [-0.25, -0.2) is 0 Å². The van der Waals surface area contributed by atoms with E-state index in [2.05, 4.69) is 10.6 Å². The molecule has 0 saturated heterocycles. The third-order valence-corrected chi connectivity index (χ3v) is 4.25. The highest BCUT2D eigenvalue weighted by Crippen LogP contribution is 2.19. The third-order valence-electron chi connectivity index (χ3n) is 4.25. The maximum Gasteiger partial charge on any atom is 0.313 e. The van der Waals surface area contributed by atoms with Gasteiger partial charge in [-0.15, -0.1) is 0 Å². The number of nitrogens with one attached hydrogen (secondary N) is 2. The number of aromatic nitrogens is 1. The van der Waals surface area contributed by atoms with Crippen LogP contribution in [-0.4, -0.2) is 33.6 Å². The van der Waals surface area contributed by atoms with Crippen LogP contribution >= 0.6 is 0 Å². The second-order valence-corrected chi connectivity index (χ2v) is 5.77. The molecule has 0 spiro atoms. The Morgan fingerprint density at radius 1 is 1.17 bits per heavy atom. The summed E-state index contributed by atoms with van der Waals surface area (Å²) in [7, 11) is 1.91. The zero-order valence-electron chi connectivity index (χ0n) is 13.7. The Kier molecular flexibility index (Phi) is 5.05. The Hall–Kier alpha value is -2.34. The van der Waals surface area contributed by atoms with E-state index in [1.54, 1.807) is 6.07 Å². The molecule has 23 heavy (non-hydrogen) atoms. The highest BCUT2D eigenvalue weighted by Gasteiger charge is 2.24. The zero-order valence-corrected chi connectivity index (χ0v) is 13.7. The van der Waals surface area contributed by atoms with E-state index in [0.717, 1.165) is 10.9 Å². The number of anilines is 1. The maximum atomic E-state index is 12.0. The van der Waals surface area contributed by atoms with Crippen LogP contribution < -0.4 is 10.6 Å². The van der Waals surface area contributed by atoms with Crippen molar-refractivity contribution < 1.29 is 14.7 Å². The predicted molar refractivity (Wildman–Crippen MR) is 90.1 cm³/mol. The molecule has 0 fully saturated rings. The summed E-state index contributed by atoms with van der Waals surface area (Å²) in [6, 6.07) is 7.43. The first kappa shape index (κ1) is 17.0. The van der Waals surface area contributed by atoms with Crippen molar-refractivity contribution in [3.8, 4) is 0 Å². The molecule has 124 valence electrons.